The molecule has 2 fully saturated rings. The van der Waals surface area contributed by atoms with Crippen molar-refractivity contribution in [1.82, 2.24) is 35.1 Å². The van der Waals surface area contributed by atoms with Gasteiger partial charge in [0.2, 0.25) is 5.91 Å². The van der Waals surface area contributed by atoms with E-state index >= 15 is 0 Å². The Morgan fingerprint density at radius 3 is 2.67 bits per heavy atom. The summed E-state index contributed by atoms with van der Waals surface area (Å²) in [6, 6.07) is 14.1. The van der Waals surface area contributed by atoms with Crippen molar-refractivity contribution in [2.75, 3.05) is 64.9 Å². The number of carbonyl (C=O) groups is 2. The van der Waals surface area contributed by atoms with E-state index in [2.05, 4.69) is 41.1 Å². The summed E-state index contributed by atoms with van der Waals surface area (Å²) in [4.78, 5) is 48.7. The van der Waals surface area contributed by atoms with E-state index in [4.69, 9.17) is 4.74 Å². The van der Waals surface area contributed by atoms with E-state index in [1.165, 1.54) is 0 Å². The van der Waals surface area contributed by atoms with E-state index in [0.717, 1.165) is 78.4 Å². The van der Waals surface area contributed by atoms with Crippen LogP contribution < -0.4 is 10.2 Å². The molecule has 5 heterocycles. The van der Waals surface area contributed by atoms with Crippen LogP contribution in [-0.2, 0) is 22.5 Å². The van der Waals surface area contributed by atoms with Crippen LogP contribution in [0.25, 0.3) is 22.3 Å². The Balaban J connectivity index is 1.04. The standard InChI is InChI=1S/C34H40N8O3/c1-40(2)12-3-4-32(44)38-27-10-13-41(22-27)21-25-9-11-35-30(18-25)31(43)19-24-5-7-26(8-6-24)29-20-28-33(39-29)36-23-37-34(28)42-14-16-45-17-15-42/h3-9,11,18,20,23,27H,10,12-17,19,21-22H2,1-2H3,(H,38,44)(H,36,37,39)/b4-3+. The summed E-state index contributed by atoms with van der Waals surface area (Å²) in [6.07, 6.45) is 7.96. The number of aromatic nitrogens is 4. The van der Waals surface area contributed by atoms with Crippen LogP contribution in [0.15, 0.2) is 67.1 Å². The van der Waals surface area contributed by atoms with Gasteiger partial charge in [-0.05, 0) is 55.4 Å². The Labute approximate surface area is 263 Å². The number of nitrogens with one attached hydrogen (secondary N) is 2. The molecular weight excluding hydrogens is 568 g/mol. The van der Waals surface area contributed by atoms with Crippen molar-refractivity contribution in [2.45, 2.75) is 25.4 Å². The number of fused-ring (bicyclic) bond motifs is 1. The average Bonchev–Trinajstić information content (AvgIpc) is 3.68. The second-order valence-electron chi connectivity index (χ2n) is 12.0. The lowest BCUT2D eigenvalue weighted by molar-refractivity contribution is -0.117. The first-order valence-electron chi connectivity index (χ1n) is 15.5. The summed E-state index contributed by atoms with van der Waals surface area (Å²) < 4.78 is 5.50. The van der Waals surface area contributed by atoms with Gasteiger partial charge in [-0.25, -0.2) is 9.97 Å². The average molecular weight is 609 g/mol. The van der Waals surface area contributed by atoms with E-state index < -0.39 is 0 Å². The number of H-pyrrole nitrogens is 1. The fraction of sp³-hybridized carbons (Fsp3) is 0.382. The molecule has 1 aromatic carbocycles. The van der Waals surface area contributed by atoms with Crippen LogP contribution in [0.3, 0.4) is 0 Å². The fourth-order valence-electron chi connectivity index (χ4n) is 5.88. The molecule has 3 aromatic heterocycles. The van der Waals surface area contributed by atoms with Crippen LogP contribution in [0.2, 0.25) is 0 Å². The van der Waals surface area contributed by atoms with Gasteiger partial charge in [0.1, 0.15) is 23.5 Å². The Bertz CT molecular complexity index is 1660. The number of morpholine rings is 1. The number of pyridine rings is 1. The van der Waals surface area contributed by atoms with Crippen LogP contribution in [0.5, 0.6) is 0 Å². The molecule has 2 N–H and O–H groups in total. The summed E-state index contributed by atoms with van der Waals surface area (Å²) in [5.41, 5.74) is 5.21. The summed E-state index contributed by atoms with van der Waals surface area (Å²) in [6.45, 7) is 6.11. The maximum atomic E-state index is 13.2. The molecule has 1 amide bonds. The van der Waals surface area contributed by atoms with Gasteiger partial charge >= 0.3 is 0 Å². The molecule has 2 aliphatic rings. The quantitative estimate of drug-likeness (QED) is 0.196. The van der Waals surface area contributed by atoms with Crippen LogP contribution >= 0.6 is 0 Å². The third-order valence-corrected chi connectivity index (χ3v) is 8.22. The van der Waals surface area contributed by atoms with Gasteiger partial charge in [-0.2, -0.15) is 0 Å². The number of aromatic amines is 1. The predicted molar refractivity (Wildman–Crippen MR) is 174 cm³/mol. The normalized spacial score (nSPS) is 17.5. The van der Waals surface area contributed by atoms with Crippen LogP contribution in [0, 0.1) is 0 Å². The minimum atomic E-state index is -0.0536. The molecule has 4 aromatic rings. The number of nitrogens with zero attached hydrogens (tertiary/aromatic N) is 6. The number of carbonyl (C=O) groups excluding carboxylic acids is 2. The first-order chi connectivity index (χ1) is 21.9. The highest BCUT2D eigenvalue weighted by Gasteiger charge is 2.24. The molecule has 11 nitrogen and oxygen atoms in total. The number of benzene rings is 1. The van der Waals surface area contributed by atoms with Gasteiger partial charge in [0, 0.05) is 69.7 Å². The molecule has 1 unspecified atom stereocenters. The Kier molecular flexibility index (Phi) is 9.58. The van der Waals surface area contributed by atoms with Crippen molar-refractivity contribution in [3.63, 3.8) is 0 Å². The minimum absolute atomic E-state index is 0.0169. The van der Waals surface area contributed by atoms with Gasteiger partial charge in [-0.3, -0.25) is 19.5 Å². The molecule has 0 spiro atoms. The maximum Gasteiger partial charge on any atom is 0.243 e. The number of rotatable bonds is 11. The van der Waals surface area contributed by atoms with Crippen LogP contribution in [0.4, 0.5) is 5.82 Å². The third-order valence-electron chi connectivity index (χ3n) is 8.22. The number of hydrogen-bond donors (Lipinski definition) is 2. The Morgan fingerprint density at radius 2 is 1.87 bits per heavy atom. The van der Waals surface area contributed by atoms with Crippen molar-refractivity contribution >= 4 is 28.5 Å². The fourth-order valence-corrected chi connectivity index (χ4v) is 5.88. The number of amides is 1. The zero-order valence-electron chi connectivity index (χ0n) is 25.9. The van der Waals surface area contributed by atoms with Gasteiger partial charge in [0.15, 0.2) is 5.78 Å². The zero-order chi connectivity index (χ0) is 31.2. The molecule has 2 saturated heterocycles. The smallest absolute Gasteiger partial charge is 0.243 e. The van der Waals surface area contributed by atoms with E-state index in [1.807, 2.05) is 61.5 Å². The maximum absolute atomic E-state index is 13.2. The molecule has 234 valence electrons. The van der Waals surface area contributed by atoms with Gasteiger partial charge in [0.05, 0.1) is 18.6 Å². The van der Waals surface area contributed by atoms with Gasteiger partial charge in [-0.1, -0.05) is 30.3 Å². The first-order valence-corrected chi connectivity index (χ1v) is 15.5. The number of likely N-dealkylation sites (N-methyl/N-ethyl adjacent to an activating group) is 1. The highest BCUT2D eigenvalue weighted by atomic mass is 16.5. The van der Waals surface area contributed by atoms with Crippen molar-refractivity contribution in [1.29, 1.82) is 0 Å². The molecule has 0 bridgehead atoms. The summed E-state index contributed by atoms with van der Waals surface area (Å²) in [5, 5.41) is 4.08. The summed E-state index contributed by atoms with van der Waals surface area (Å²) in [5.74, 6) is 0.849. The predicted octanol–water partition coefficient (Wildman–Crippen LogP) is 3.09. The molecule has 11 heteroatoms. The van der Waals surface area contributed by atoms with Crippen molar-refractivity contribution in [3.05, 3.63) is 84.0 Å². The molecule has 6 rings (SSSR count). The lowest BCUT2D eigenvalue weighted by Gasteiger charge is -2.27. The molecule has 45 heavy (non-hydrogen) atoms. The lowest BCUT2D eigenvalue weighted by atomic mass is 10.0. The van der Waals surface area contributed by atoms with Crippen molar-refractivity contribution in [2.24, 2.45) is 0 Å². The second-order valence-corrected chi connectivity index (χ2v) is 12.0. The third kappa shape index (κ3) is 7.80. The van der Waals surface area contributed by atoms with Gasteiger partial charge < -0.3 is 24.8 Å². The number of ketones is 1. The molecule has 1 atom stereocenters. The Morgan fingerprint density at radius 1 is 1.04 bits per heavy atom. The van der Waals surface area contributed by atoms with Crippen LogP contribution in [-0.4, -0.2) is 108 Å². The molecule has 0 radical (unpaired) electrons. The first kappa shape index (κ1) is 30.6. The molecule has 2 aliphatic heterocycles. The summed E-state index contributed by atoms with van der Waals surface area (Å²) >= 11 is 0. The topological polar surface area (TPSA) is 120 Å². The highest BCUT2D eigenvalue weighted by molar-refractivity contribution is 5.96. The van der Waals surface area contributed by atoms with E-state index in [1.54, 1.807) is 18.6 Å². The van der Waals surface area contributed by atoms with Gasteiger partial charge in [0.25, 0.3) is 0 Å². The number of hydrogen-bond acceptors (Lipinski definition) is 9. The SMILES string of the molecule is CN(C)C/C=C/C(=O)NC1CCN(Cc2ccnc(C(=O)Cc3ccc(-c4cc5c(N6CCOCC6)ncnc5[nH]4)cc3)c2)C1. The van der Waals surface area contributed by atoms with E-state index in [9.17, 15) is 9.59 Å². The number of ether oxygens (including phenoxy) is 1. The highest BCUT2D eigenvalue weighted by Crippen LogP contribution is 2.29. The lowest BCUT2D eigenvalue weighted by Crippen LogP contribution is -2.36. The molecule has 0 aliphatic carbocycles. The molecule has 0 saturated carbocycles. The van der Waals surface area contributed by atoms with E-state index in [0.29, 0.717) is 25.5 Å². The van der Waals surface area contributed by atoms with Crippen molar-refractivity contribution < 1.29 is 14.3 Å². The number of likely N-dealkylation sites (tertiary alicyclic amines) is 1. The van der Waals surface area contributed by atoms with Gasteiger partial charge in [-0.15, -0.1) is 0 Å². The van der Waals surface area contributed by atoms with Crippen LogP contribution in [0.1, 0.15) is 28.0 Å². The largest absolute Gasteiger partial charge is 0.378 e. The zero-order valence-corrected chi connectivity index (χ0v) is 25.9. The summed E-state index contributed by atoms with van der Waals surface area (Å²) in [7, 11) is 3.94. The number of Topliss-reactive ketones (excluding diaryl/α,β-unsaturated/α-hetero) is 1. The number of anilines is 1. The Hall–Kier alpha value is -4.45. The second kappa shape index (κ2) is 14.1. The monoisotopic (exact) mass is 608 g/mol. The molecular formula is C34H40N8O3. The van der Waals surface area contributed by atoms with E-state index in [-0.39, 0.29) is 24.2 Å². The van der Waals surface area contributed by atoms with Crippen molar-refractivity contribution in [3.8, 4) is 11.3 Å². The minimum Gasteiger partial charge on any atom is -0.378 e.